The Morgan fingerprint density at radius 1 is 1.05 bits per heavy atom. The molecule has 3 heteroatoms. The third kappa shape index (κ3) is 3.54. The number of benzene rings is 2. The number of nitrogens with two attached hydrogens (primary N) is 1. The van der Waals surface area contributed by atoms with Gasteiger partial charge in [0.2, 0.25) is 0 Å². The summed E-state index contributed by atoms with van der Waals surface area (Å²) < 4.78 is 2.50. The zero-order valence-electron chi connectivity index (χ0n) is 11.8. The maximum absolute atomic E-state index is 6.01. The second-order valence-electron chi connectivity index (χ2n) is 5.40. The van der Waals surface area contributed by atoms with E-state index in [2.05, 4.69) is 69.8 Å². The molecule has 0 bridgehead atoms. The van der Waals surface area contributed by atoms with Crippen LogP contribution in [0.5, 0.6) is 0 Å². The first-order valence-electron chi connectivity index (χ1n) is 7.16. The van der Waals surface area contributed by atoms with Crippen molar-refractivity contribution in [2.45, 2.75) is 12.8 Å². The third-order valence-corrected chi connectivity index (χ3v) is 5.32. The van der Waals surface area contributed by atoms with Crippen molar-refractivity contribution >= 4 is 37.4 Å². The summed E-state index contributed by atoms with van der Waals surface area (Å²) in [5, 5.41) is 3.67. The highest BCUT2D eigenvalue weighted by molar-refractivity contribution is 9.10. The standard InChI is InChI=1S/C18H18BrNS/c19-16-5-3-4-13(10-16)8-14(11-20)9-15-12-21-18-7-2-1-6-17(15)18/h1-7,10,12,14H,8-9,11,20H2. The van der Waals surface area contributed by atoms with Crippen molar-refractivity contribution in [1.82, 2.24) is 0 Å². The van der Waals surface area contributed by atoms with E-state index in [1.54, 1.807) is 0 Å². The molecule has 0 aliphatic carbocycles. The van der Waals surface area contributed by atoms with Gasteiger partial charge < -0.3 is 5.73 Å². The number of fused-ring (bicyclic) bond motifs is 1. The van der Waals surface area contributed by atoms with Gasteiger partial charge in [-0.25, -0.2) is 0 Å². The zero-order valence-corrected chi connectivity index (χ0v) is 14.2. The molecule has 0 saturated heterocycles. The molecule has 21 heavy (non-hydrogen) atoms. The number of thiophene rings is 1. The van der Waals surface area contributed by atoms with Gasteiger partial charge >= 0.3 is 0 Å². The molecular weight excluding hydrogens is 342 g/mol. The molecule has 0 spiro atoms. The van der Waals surface area contributed by atoms with E-state index in [0.717, 1.165) is 23.9 Å². The van der Waals surface area contributed by atoms with Crippen LogP contribution >= 0.6 is 27.3 Å². The average Bonchev–Trinajstić information content (AvgIpc) is 2.90. The molecule has 0 amide bonds. The molecule has 0 aliphatic heterocycles. The monoisotopic (exact) mass is 359 g/mol. The molecule has 0 saturated carbocycles. The van der Waals surface area contributed by atoms with Crippen LogP contribution in [0.4, 0.5) is 0 Å². The van der Waals surface area contributed by atoms with Gasteiger partial charge in [-0.1, -0.05) is 46.3 Å². The van der Waals surface area contributed by atoms with Crippen molar-refractivity contribution in [3.8, 4) is 0 Å². The summed E-state index contributed by atoms with van der Waals surface area (Å²) in [6.45, 7) is 0.719. The van der Waals surface area contributed by atoms with Crippen LogP contribution in [0.3, 0.4) is 0 Å². The van der Waals surface area contributed by atoms with Crippen molar-refractivity contribution in [3.05, 3.63) is 69.5 Å². The highest BCUT2D eigenvalue weighted by atomic mass is 79.9. The number of hydrogen-bond acceptors (Lipinski definition) is 2. The minimum absolute atomic E-state index is 0.484. The van der Waals surface area contributed by atoms with Gasteiger partial charge in [0.1, 0.15) is 0 Å². The fourth-order valence-corrected chi connectivity index (χ4v) is 4.16. The van der Waals surface area contributed by atoms with Crippen molar-refractivity contribution in [3.63, 3.8) is 0 Å². The van der Waals surface area contributed by atoms with Gasteiger partial charge in [0.15, 0.2) is 0 Å². The minimum atomic E-state index is 0.484. The lowest BCUT2D eigenvalue weighted by atomic mass is 9.92. The van der Waals surface area contributed by atoms with Gasteiger partial charge in [-0.15, -0.1) is 11.3 Å². The Balaban J connectivity index is 1.78. The minimum Gasteiger partial charge on any atom is -0.330 e. The van der Waals surface area contributed by atoms with Gasteiger partial charge in [0.25, 0.3) is 0 Å². The fraction of sp³-hybridized carbons (Fsp3) is 0.222. The summed E-state index contributed by atoms with van der Waals surface area (Å²) in [4.78, 5) is 0. The van der Waals surface area contributed by atoms with Gasteiger partial charge in [-0.05, 0) is 65.4 Å². The lowest BCUT2D eigenvalue weighted by Crippen LogP contribution is -2.19. The molecule has 0 aliphatic rings. The van der Waals surface area contributed by atoms with Crippen LogP contribution in [0, 0.1) is 5.92 Å². The topological polar surface area (TPSA) is 26.0 Å². The lowest BCUT2D eigenvalue weighted by molar-refractivity contribution is 0.535. The summed E-state index contributed by atoms with van der Waals surface area (Å²) in [7, 11) is 0. The summed E-state index contributed by atoms with van der Waals surface area (Å²) >= 11 is 5.36. The van der Waals surface area contributed by atoms with Gasteiger partial charge in [-0.3, -0.25) is 0 Å². The second kappa shape index (κ2) is 6.73. The Morgan fingerprint density at radius 3 is 2.71 bits per heavy atom. The summed E-state index contributed by atoms with van der Waals surface area (Å²) in [5.41, 5.74) is 8.79. The molecule has 2 N–H and O–H groups in total. The van der Waals surface area contributed by atoms with Crippen LogP contribution in [0.25, 0.3) is 10.1 Å². The lowest BCUT2D eigenvalue weighted by Gasteiger charge is -2.14. The van der Waals surface area contributed by atoms with E-state index >= 15 is 0 Å². The molecule has 0 radical (unpaired) electrons. The molecule has 0 fully saturated rings. The zero-order chi connectivity index (χ0) is 14.7. The predicted octanol–water partition coefficient (Wildman–Crippen LogP) is 5.02. The largest absolute Gasteiger partial charge is 0.330 e. The summed E-state index contributed by atoms with van der Waals surface area (Å²) in [5.74, 6) is 0.484. The van der Waals surface area contributed by atoms with Gasteiger partial charge in [-0.2, -0.15) is 0 Å². The number of rotatable bonds is 5. The Labute approximate surface area is 137 Å². The smallest absolute Gasteiger partial charge is 0.0345 e. The molecule has 1 unspecified atom stereocenters. The summed E-state index contributed by atoms with van der Waals surface area (Å²) in [6.07, 6.45) is 2.08. The molecule has 108 valence electrons. The van der Waals surface area contributed by atoms with E-state index in [4.69, 9.17) is 5.73 Å². The van der Waals surface area contributed by atoms with Gasteiger partial charge in [0.05, 0.1) is 0 Å². The first-order chi connectivity index (χ1) is 10.3. The SMILES string of the molecule is NCC(Cc1cccc(Br)c1)Cc1csc2ccccc12. The van der Waals surface area contributed by atoms with Crippen LogP contribution in [-0.2, 0) is 12.8 Å². The van der Waals surface area contributed by atoms with Crippen molar-refractivity contribution < 1.29 is 0 Å². The molecule has 1 nitrogen and oxygen atoms in total. The Morgan fingerprint density at radius 2 is 1.90 bits per heavy atom. The van der Waals surface area contributed by atoms with E-state index in [1.165, 1.54) is 21.2 Å². The number of hydrogen-bond donors (Lipinski definition) is 1. The molecule has 2 aromatic carbocycles. The predicted molar refractivity (Wildman–Crippen MR) is 95.9 cm³/mol. The van der Waals surface area contributed by atoms with E-state index in [0.29, 0.717) is 5.92 Å². The van der Waals surface area contributed by atoms with Crippen molar-refractivity contribution in [2.75, 3.05) is 6.54 Å². The molecule has 1 aromatic heterocycles. The highest BCUT2D eigenvalue weighted by Gasteiger charge is 2.12. The quantitative estimate of drug-likeness (QED) is 0.679. The second-order valence-corrected chi connectivity index (χ2v) is 7.22. The first-order valence-corrected chi connectivity index (χ1v) is 8.83. The maximum atomic E-state index is 6.01. The molecule has 3 aromatic rings. The Hall–Kier alpha value is -1.16. The molecular formula is C18H18BrNS. The molecule has 1 atom stereocenters. The molecule has 1 heterocycles. The van der Waals surface area contributed by atoms with E-state index in [9.17, 15) is 0 Å². The maximum Gasteiger partial charge on any atom is 0.0345 e. The van der Waals surface area contributed by atoms with E-state index in [1.807, 2.05) is 11.3 Å². The van der Waals surface area contributed by atoms with Crippen molar-refractivity contribution in [2.24, 2.45) is 11.7 Å². The van der Waals surface area contributed by atoms with Crippen LogP contribution in [-0.4, -0.2) is 6.54 Å². The normalized spacial score (nSPS) is 12.7. The van der Waals surface area contributed by atoms with Crippen molar-refractivity contribution in [1.29, 1.82) is 0 Å². The first kappa shape index (κ1) is 14.8. The fourth-order valence-electron chi connectivity index (χ4n) is 2.74. The molecule has 3 rings (SSSR count). The van der Waals surface area contributed by atoms with E-state index < -0.39 is 0 Å². The van der Waals surface area contributed by atoms with Crippen LogP contribution in [0.1, 0.15) is 11.1 Å². The number of halogens is 1. The van der Waals surface area contributed by atoms with Crippen LogP contribution < -0.4 is 5.73 Å². The Kier molecular flexibility index (Phi) is 4.73. The van der Waals surface area contributed by atoms with Crippen LogP contribution in [0.15, 0.2) is 58.4 Å². The van der Waals surface area contributed by atoms with Gasteiger partial charge in [0, 0.05) is 9.17 Å². The summed E-state index contributed by atoms with van der Waals surface area (Å²) in [6, 6.07) is 17.1. The van der Waals surface area contributed by atoms with E-state index in [-0.39, 0.29) is 0 Å². The Bertz CT molecular complexity index is 735. The highest BCUT2D eigenvalue weighted by Crippen LogP contribution is 2.28. The average molecular weight is 360 g/mol. The third-order valence-electron chi connectivity index (χ3n) is 3.82. The van der Waals surface area contributed by atoms with Crippen LogP contribution in [0.2, 0.25) is 0 Å².